The molecule has 31 heavy (non-hydrogen) atoms. The summed E-state index contributed by atoms with van der Waals surface area (Å²) in [5.74, 6) is -1.34. The number of thiocarbonyl (C=S) groups is 1. The van der Waals surface area contributed by atoms with Crippen molar-refractivity contribution in [3.05, 3.63) is 60.7 Å². The van der Waals surface area contributed by atoms with E-state index in [1.807, 2.05) is 60.7 Å². The van der Waals surface area contributed by atoms with E-state index in [4.69, 9.17) is 17.3 Å². The van der Waals surface area contributed by atoms with Crippen LogP contribution in [-0.4, -0.2) is 45.8 Å². The lowest BCUT2D eigenvalue weighted by Crippen LogP contribution is -2.42. The highest BCUT2D eigenvalue weighted by Crippen LogP contribution is 2.44. The van der Waals surface area contributed by atoms with Gasteiger partial charge in [-0.1, -0.05) is 84.6 Å². The molecule has 0 fully saturated rings. The molecule has 0 aliphatic rings. The average Bonchev–Trinajstić information content (AvgIpc) is 2.77. The summed E-state index contributed by atoms with van der Waals surface area (Å²) >= 11 is 6.42. The molecule has 6 nitrogen and oxygen atoms in total. The number of aliphatic carboxylic acids is 1. The smallest absolute Gasteiger partial charge is 0.327 e. The van der Waals surface area contributed by atoms with E-state index in [1.165, 1.54) is 18.7 Å². The number of carbonyl (C=O) groups is 2. The van der Waals surface area contributed by atoms with Crippen molar-refractivity contribution in [2.45, 2.75) is 25.8 Å². The first kappa shape index (κ1) is 25.1. The van der Waals surface area contributed by atoms with Gasteiger partial charge in [-0.25, -0.2) is 4.79 Å². The minimum Gasteiger partial charge on any atom is -0.480 e. The third-order valence-corrected chi connectivity index (χ3v) is 9.19. The molecule has 3 N–H and O–H groups in total. The quantitative estimate of drug-likeness (QED) is 0.260. The highest BCUT2D eigenvalue weighted by molar-refractivity contribution is 8.23. The molecule has 0 saturated carbocycles. The first-order valence-corrected chi connectivity index (χ1v) is 13.2. The maximum Gasteiger partial charge on any atom is 0.327 e. The summed E-state index contributed by atoms with van der Waals surface area (Å²) in [7, 11) is -2.71. The maximum absolute atomic E-state index is 13.9. The zero-order chi connectivity index (χ0) is 22.7. The molecule has 0 radical (unpaired) electrons. The molecule has 0 unspecified atom stereocenters. The number of thioether (sulfide) groups is 1. The Hall–Kier alpha value is -2.15. The van der Waals surface area contributed by atoms with Crippen molar-refractivity contribution in [1.82, 2.24) is 10.6 Å². The number of unbranched alkanes of at least 4 members (excludes halogenated alkanes) is 1. The fraction of sp³-hybridized carbons (Fsp3) is 0.318. The predicted molar refractivity (Wildman–Crippen MR) is 132 cm³/mol. The Balaban J connectivity index is 1.83. The number of amides is 1. The van der Waals surface area contributed by atoms with E-state index in [-0.39, 0.29) is 5.75 Å². The minimum atomic E-state index is -2.71. The Morgan fingerprint density at radius 3 is 2.06 bits per heavy atom. The predicted octanol–water partition coefficient (Wildman–Crippen LogP) is 2.98. The van der Waals surface area contributed by atoms with E-state index in [2.05, 4.69) is 10.6 Å². The third kappa shape index (κ3) is 8.13. The van der Waals surface area contributed by atoms with Gasteiger partial charge in [0.15, 0.2) is 0 Å². The van der Waals surface area contributed by atoms with Crippen LogP contribution < -0.4 is 21.2 Å². The van der Waals surface area contributed by atoms with Crippen LogP contribution in [0.5, 0.6) is 0 Å². The second-order valence-electron chi connectivity index (χ2n) is 6.96. The summed E-state index contributed by atoms with van der Waals surface area (Å²) in [6.45, 7) is 1.88. The van der Waals surface area contributed by atoms with Gasteiger partial charge in [-0.15, -0.1) is 0 Å². The summed E-state index contributed by atoms with van der Waals surface area (Å²) < 4.78 is 14.4. The lowest BCUT2D eigenvalue weighted by Gasteiger charge is -2.19. The zero-order valence-corrected chi connectivity index (χ0v) is 19.8. The average molecular weight is 479 g/mol. The molecule has 9 heteroatoms. The van der Waals surface area contributed by atoms with Gasteiger partial charge >= 0.3 is 5.97 Å². The number of carboxylic acids is 1. The van der Waals surface area contributed by atoms with Crippen LogP contribution >= 0.6 is 31.1 Å². The first-order chi connectivity index (χ1) is 14.8. The topological polar surface area (TPSA) is 95.5 Å². The summed E-state index contributed by atoms with van der Waals surface area (Å²) in [5, 5.41) is 16.3. The van der Waals surface area contributed by atoms with Crippen molar-refractivity contribution < 1.29 is 19.3 Å². The fourth-order valence-electron chi connectivity index (χ4n) is 3.02. The van der Waals surface area contributed by atoms with Crippen molar-refractivity contribution in [3.8, 4) is 0 Å². The van der Waals surface area contributed by atoms with E-state index in [0.717, 1.165) is 23.5 Å². The third-order valence-electron chi connectivity index (χ3n) is 4.57. The van der Waals surface area contributed by atoms with Gasteiger partial charge in [-0.2, -0.15) is 0 Å². The molecule has 0 spiro atoms. The first-order valence-electron chi connectivity index (χ1n) is 9.94. The van der Waals surface area contributed by atoms with E-state index >= 15 is 0 Å². The number of carbonyl (C=O) groups excluding carboxylic acids is 1. The van der Waals surface area contributed by atoms with Crippen molar-refractivity contribution in [3.63, 3.8) is 0 Å². The number of carboxylic acid groups (broad SMARTS) is 1. The SMILES string of the molecule is CC(=O)N[C@@H](CSC(=S)NCCCCP(=O)(c1ccccc1)c1ccccc1)C(=O)O. The minimum absolute atomic E-state index is 0.151. The van der Waals surface area contributed by atoms with Gasteiger partial charge in [0.2, 0.25) is 5.91 Å². The lowest BCUT2D eigenvalue weighted by atomic mass is 10.3. The van der Waals surface area contributed by atoms with Crippen molar-refractivity contribution in [1.29, 1.82) is 0 Å². The van der Waals surface area contributed by atoms with Crippen LogP contribution in [0.15, 0.2) is 60.7 Å². The largest absolute Gasteiger partial charge is 0.480 e. The fourth-order valence-corrected chi connectivity index (χ4v) is 6.87. The molecular formula is C22H27N2O4PS2. The van der Waals surface area contributed by atoms with E-state index < -0.39 is 25.1 Å². The van der Waals surface area contributed by atoms with Gasteiger partial charge in [0, 0.05) is 36.0 Å². The van der Waals surface area contributed by atoms with Gasteiger partial charge in [-0.3, -0.25) is 4.79 Å². The maximum atomic E-state index is 13.9. The highest BCUT2D eigenvalue weighted by Gasteiger charge is 2.26. The van der Waals surface area contributed by atoms with Crippen LogP contribution in [0.2, 0.25) is 0 Å². The number of nitrogens with one attached hydrogen (secondary N) is 2. The Morgan fingerprint density at radius 1 is 1.03 bits per heavy atom. The molecule has 0 saturated heterocycles. The van der Waals surface area contributed by atoms with Crippen molar-refractivity contribution in [2.75, 3.05) is 18.5 Å². The monoisotopic (exact) mass is 478 g/mol. The molecule has 0 bridgehead atoms. The second-order valence-corrected chi connectivity index (χ2v) is 11.6. The summed E-state index contributed by atoms with van der Waals surface area (Å²) in [4.78, 5) is 22.2. The number of hydrogen-bond acceptors (Lipinski definition) is 5. The van der Waals surface area contributed by atoms with E-state index in [1.54, 1.807) is 0 Å². The standard InChI is InChI=1S/C22H27N2O4PS2/c1-17(25)24-20(21(26)27)16-31-22(30)23-14-8-9-15-29(28,18-10-4-2-5-11-18)19-12-6-3-7-13-19/h2-7,10-13,20H,8-9,14-16H2,1H3,(H,23,30)(H,24,25)(H,26,27)/t20-/m0/s1. The molecule has 166 valence electrons. The van der Waals surface area contributed by atoms with E-state index in [9.17, 15) is 14.2 Å². The number of hydrogen-bond donors (Lipinski definition) is 3. The molecule has 0 aliphatic heterocycles. The zero-order valence-electron chi connectivity index (χ0n) is 17.3. The summed E-state index contributed by atoms with van der Waals surface area (Å²) in [6.07, 6.45) is 2.09. The molecular weight excluding hydrogens is 451 g/mol. The summed E-state index contributed by atoms with van der Waals surface area (Å²) in [5.41, 5.74) is 0. The number of benzene rings is 2. The van der Waals surface area contributed by atoms with Crippen LogP contribution in [-0.2, 0) is 14.2 Å². The van der Waals surface area contributed by atoms with Crippen LogP contribution in [0.1, 0.15) is 19.8 Å². The molecule has 1 amide bonds. The van der Waals surface area contributed by atoms with Crippen LogP contribution in [0.3, 0.4) is 0 Å². The van der Waals surface area contributed by atoms with Gasteiger partial charge in [0.05, 0.1) is 0 Å². The van der Waals surface area contributed by atoms with Crippen molar-refractivity contribution in [2.24, 2.45) is 0 Å². The van der Waals surface area contributed by atoms with Crippen LogP contribution in [0, 0.1) is 0 Å². The van der Waals surface area contributed by atoms with Gasteiger partial charge in [0.1, 0.15) is 17.5 Å². The molecule has 2 rings (SSSR count). The van der Waals surface area contributed by atoms with Gasteiger partial charge < -0.3 is 20.3 Å². The molecule has 2 aromatic rings. The second kappa shape index (κ2) is 12.6. The number of rotatable bonds is 11. The van der Waals surface area contributed by atoms with Crippen molar-refractivity contribution >= 4 is 57.9 Å². The van der Waals surface area contributed by atoms with Gasteiger partial charge in [0.25, 0.3) is 0 Å². The van der Waals surface area contributed by atoms with Crippen LogP contribution in [0.25, 0.3) is 0 Å². The summed E-state index contributed by atoms with van der Waals surface area (Å²) in [6, 6.07) is 18.2. The van der Waals surface area contributed by atoms with Gasteiger partial charge in [-0.05, 0) is 12.8 Å². The Morgan fingerprint density at radius 2 is 1.58 bits per heavy atom. The van der Waals surface area contributed by atoms with Crippen LogP contribution in [0.4, 0.5) is 0 Å². The Kier molecular flexibility index (Phi) is 10.2. The Bertz CT molecular complexity index is 882. The molecule has 0 heterocycles. The molecule has 1 atom stereocenters. The molecule has 2 aromatic carbocycles. The Labute approximate surface area is 192 Å². The normalized spacial score (nSPS) is 12.0. The molecule has 0 aromatic heterocycles. The highest BCUT2D eigenvalue weighted by atomic mass is 32.2. The molecule has 0 aliphatic carbocycles. The van der Waals surface area contributed by atoms with E-state index in [0.29, 0.717) is 17.0 Å². The lowest BCUT2D eigenvalue weighted by molar-refractivity contribution is -0.140.